The molecule has 1 saturated carbocycles. The fourth-order valence-electron chi connectivity index (χ4n) is 3.68. The zero-order chi connectivity index (χ0) is 16.6. The Morgan fingerprint density at radius 2 is 2.22 bits per heavy atom. The summed E-state index contributed by atoms with van der Waals surface area (Å²) < 4.78 is 5.56. The van der Waals surface area contributed by atoms with Gasteiger partial charge >= 0.3 is 6.09 Å². The number of carbonyl (C=O) groups is 1. The van der Waals surface area contributed by atoms with E-state index in [1.54, 1.807) is 11.3 Å². The maximum absolute atomic E-state index is 12.4. The molecular weight excluding hydrogens is 310 g/mol. The highest BCUT2D eigenvalue weighted by Crippen LogP contribution is 2.36. The van der Waals surface area contributed by atoms with E-state index < -0.39 is 5.60 Å². The van der Waals surface area contributed by atoms with E-state index in [1.165, 1.54) is 4.88 Å². The van der Waals surface area contributed by atoms with Crippen molar-refractivity contribution in [1.82, 2.24) is 15.2 Å². The molecule has 3 rings (SSSR count). The molecule has 6 heteroatoms. The van der Waals surface area contributed by atoms with Crippen LogP contribution in [0, 0.1) is 12.8 Å². The van der Waals surface area contributed by atoms with Crippen molar-refractivity contribution in [3.63, 3.8) is 0 Å². The van der Waals surface area contributed by atoms with Crippen molar-refractivity contribution in [3.8, 4) is 0 Å². The number of rotatable bonds is 3. The maximum atomic E-state index is 12.4. The Hall–Kier alpha value is -1.14. The predicted octanol–water partition coefficient (Wildman–Crippen LogP) is 3.33. The van der Waals surface area contributed by atoms with Crippen LogP contribution in [0.25, 0.3) is 0 Å². The molecule has 2 aliphatic rings. The molecule has 1 amide bonds. The molecule has 0 radical (unpaired) electrons. The number of hydrogen-bond acceptors (Lipinski definition) is 5. The van der Waals surface area contributed by atoms with Crippen LogP contribution in [-0.2, 0) is 11.3 Å². The van der Waals surface area contributed by atoms with Crippen LogP contribution in [-0.4, -0.2) is 40.2 Å². The third-order valence-corrected chi connectivity index (χ3v) is 5.63. The van der Waals surface area contributed by atoms with Gasteiger partial charge in [0.05, 0.1) is 11.2 Å². The lowest BCUT2D eigenvalue weighted by atomic mass is 9.86. The van der Waals surface area contributed by atoms with Crippen molar-refractivity contribution in [2.24, 2.45) is 5.92 Å². The topological polar surface area (TPSA) is 54.5 Å². The predicted molar refractivity (Wildman–Crippen MR) is 91.5 cm³/mol. The standard InChI is InChI=1S/C17H27N3O2S/c1-11-15(23-10-19-11)8-18-13-5-12-6-14(7-13)20(9-12)16(21)22-17(2,3)4/h10,12-14,18H,5-9H2,1-4H3. The van der Waals surface area contributed by atoms with Crippen molar-refractivity contribution in [1.29, 1.82) is 0 Å². The van der Waals surface area contributed by atoms with Crippen LogP contribution in [0.4, 0.5) is 4.79 Å². The second-order valence-electron chi connectivity index (χ2n) is 7.80. The van der Waals surface area contributed by atoms with Crippen molar-refractivity contribution in [2.45, 2.75) is 71.2 Å². The smallest absolute Gasteiger partial charge is 0.410 e. The first kappa shape index (κ1) is 16.7. The van der Waals surface area contributed by atoms with E-state index in [1.807, 2.05) is 31.2 Å². The molecule has 1 aromatic heterocycles. The molecule has 2 heterocycles. The van der Waals surface area contributed by atoms with Gasteiger partial charge in [-0.05, 0) is 52.9 Å². The summed E-state index contributed by atoms with van der Waals surface area (Å²) in [6, 6.07) is 0.802. The van der Waals surface area contributed by atoms with Crippen LogP contribution in [0.1, 0.15) is 50.6 Å². The number of carbonyl (C=O) groups excluding carboxylic acids is 1. The first-order valence-corrected chi connectivity index (χ1v) is 9.32. The van der Waals surface area contributed by atoms with Gasteiger partial charge in [0, 0.05) is 30.1 Å². The van der Waals surface area contributed by atoms with Crippen LogP contribution in [0.3, 0.4) is 0 Å². The zero-order valence-corrected chi connectivity index (χ0v) is 15.3. The van der Waals surface area contributed by atoms with Gasteiger partial charge in [-0.1, -0.05) is 0 Å². The summed E-state index contributed by atoms with van der Waals surface area (Å²) in [5, 5.41) is 3.67. The summed E-state index contributed by atoms with van der Waals surface area (Å²) in [6.45, 7) is 9.56. The normalized spacial score (nSPS) is 27.3. The molecule has 0 aromatic carbocycles. The lowest BCUT2D eigenvalue weighted by Crippen LogP contribution is -2.42. The molecule has 2 fully saturated rings. The number of thiazole rings is 1. The van der Waals surface area contributed by atoms with Crippen LogP contribution in [0.2, 0.25) is 0 Å². The molecule has 1 aliphatic carbocycles. The first-order valence-electron chi connectivity index (χ1n) is 8.44. The zero-order valence-electron chi connectivity index (χ0n) is 14.5. The van der Waals surface area contributed by atoms with Gasteiger partial charge in [0.15, 0.2) is 0 Å². The molecule has 5 nitrogen and oxygen atoms in total. The van der Waals surface area contributed by atoms with Crippen molar-refractivity contribution < 1.29 is 9.53 Å². The van der Waals surface area contributed by atoms with E-state index in [0.29, 0.717) is 18.0 Å². The maximum Gasteiger partial charge on any atom is 0.410 e. The van der Waals surface area contributed by atoms with E-state index in [4.69, 9.17) is 4.74 Å². The van der Waals surface area contributed by atoms with Gasteiger partial charge in [-0.2, -0.15) is 0 Å². The minimum Gasteiger partial charge on any atom is -0.444 e. The molecule has 1 N–H and O–H groups in total. The Labute approximate surface area is 142 Å². The molecule has 1 aliphatic heterocycles. The minimum absolute atomic E-state index is 0.149. The second kappa shape index (κ2) is 6.40. The number of ether oxygens (including phenoxy) is 1. The Kier molecular flexibility index (Phi) is 4.65. The van der Waals surface area contributed by atoms with Crippen molar-refractivity contribution in [3.05, 3.63) is 16.1 Å². The Balaban J connectivity index is 1.55. The van der Waals surface area contributed by atoms with Crippen molar-refractivity contribution >= 4 is 17.4 Å². The quantitative estimate of drug-likeness (QED) is 0.919. The van der Waals surface area contributed by atoms with Gasteiger partial charge in [-0.25, -0.2) is 9.78 Å². The number of likely N-dealkylation sites (tertiary alicyclic amines) is 1. The molecule has 0 spiro atoms. The molecule has 3 atom stereocenters. The molecule has 1 aromatic rings. The fourth-order valence-corrected chi connectivity index (χ4v) is 4.41. The van der Waals surface area contributed by atoms with E-state index in [2.05, 4.69) is 17.2 Å². The lowest BCUT2D eigenvalue weighted by Gasteiger charge is -2.31. The highest BCUT2D eigenvalue weighted by Gasteiger charge is 2.42. The highest BCUT2D eigenvalue weighted by molar-refractivity contribution is 7.09. The fraction of sp³-hybridized carbons (Fsp3) is 0.765. The van der Waals surface area contributed by atoms with Crippen LogP contribution in [0.5, 0.6) is 0 Å². The van der Waals surface area contributed by atoms with E-state index in [0.717, 1.165) is 38.0 Å². The SMILES string of the molecule is Cc1ncsc1CNC1CC2CC(C1)N(C(=O)OC(C)(C)C)C2. The molecule has 2 bridgehead atoms. The van der Waals surface area contributed by atoms with Gasteiger partial charge in [-0.3, -0.25) is 0 Å². The molecule has 3 unspecified atom stereocenters. The minimum atomic E-state index is -0.422. The van der Waals surface area contributed by atoms with Crippen LogP contribution >= 0.6 is 11.3 Å². The summed E-state index contributed by atoms with van der Waals surface area (Å²) in [5.74, 6) is 0.598. The monoisotopic (exact) mass is 337 g/mol. The van der Waals surface area contributed by atoms with E-state index >= 15 is 0 Å². The summed E-state index contributed by atoms with van der Waals surface area (Å²) in [4.78, 5) is 19.9. The Bertz CT molecular complexity index is 566. The number of hydrogen-bond donors (Lipinski definition) is 1. The third kappa shape index (κ3) is 4.04. The number of nitrogens with zero attached hydrogens (tertiary/aromatic N) is 2. The average molecular weight is 337 g/mol. The number of fused-ring (bicyclic) bond motifs is 2. The Morgan fingerprint density at radius 3 is 2.87 bits per heavy atom. The van der Waals surface area contributed by atoms with Gasteiger partial charge < -0.3 is 15.0 Å². The molecular formula is C17H27N3O2S. The van der Waals surface area contributed by atoms with E-state index in [-0.39, 0.29) is 6.09 Å². The molecule has 128 valence electrons. The van der Waals surface area contributed by atoms with Gasteiger partial charge in [0.25, 0.3) is 0 Å². The number of amides is 1. The number of aromatic nitrogens is 1. The summed E-state index contributed by atoms with van der Waals surface area (Å²) in [5.41, 5.74) is 2.60. The number of aryl methyl sites for hydroxylation is 1. The van der Waals surface area contributed by atoms with Gasteiger partial charge in [-0.15, -0.1) is 11.3 Å². The Morgan fingerprint density at radius 1 is 1.43 bits per heavy atom. The van der Waals surface area contributed by atoms with Crippen LogP contribution < -0.4 is 5.32 Å². The summed E-state index contributed by atoms with van der Waals surface area (Å²) in [7, 11) is 0. The highest BCUT2D eigenvalue weighted by atomic mass is 32.1. The molecule has 23 heavy (non-hydrogen) atoms. The number of nitrogens with one attached hydrogen (secondary N) is 1. The van der Waals surface area contributed by atoms with Crippen LogP contribution in [0.15, 0.2) is 5.51 Å². The van der Waals surface area contributed by atoms with Crippen molar-refractivity contribution in [2.75, 3.05) is 6.54 Å². The molecule has 1 saturated heterocycles. The second-order valence-corrected chi connectivity index (χ2v) is 8.74. The largest absolute Gasteiger partial charge is 0.444 e. The summed E-state index contributed by atoms with van der Waals surface area (Å²) in [6.07, 6.45) is 3.14. The summed E-state index contributed by atoms with van der Waals surface area (Å²) >= 11 is 1.71. The van der Waals surface area contributed by atoms with Gasteiger partial charge in [0.1, 0.15) is 5.60 Å². The van der Waals surface area contributed by atoms with Gasteiger partial charge in [0.2, 0.25) is 0 Å². The first-order chi connectivity index (χ1) is 10.8. The lowest BCUT2D eigenvalue weighted by molar-refractivity contribution is 0.0219. The van der Waals surface area contributed by atoms with E-state index in [9.17, 15) is 4.79 Å². The average Bonchev–Trinajstić information content (AvgIpc) is 2.98. The third-order valence-electron chi connectivity index (χ3n) is 4.70.